The standard InChI is InChI=1S/C21H28N2O3S/c1-6-23(7-2)27(25,26)19-14-13-16(3)20(15-19)21(24)22(5)17(4)18-11-9-8-10-12-18/h8-15,17H,6-7H2,1-5H3. The summed E-state index contributed by atoms with van der Waals surface area (Å²) >= 11 is 0. The molecule has 1 unspecified atom stereocenters. The highest BCUT2D eigenvalue weighted by Gasteiger charge is 2.25. The van der Waals surface area contributed by atoms with Crippen LogP contribution >= 0.6 is 0 Å². The summed E-state index contributed by atoms with van der Waals surface area (Å²) in [6, 6.07) is 14.4. The Hall–Kier alpha value is -2.18. The zero-order valence-electron chi connectivity index (χ0n) is 16.6. The quantitative estimate of drug-likeness (QED) is 0.724. The predicted octanol–water partition coefficient (Wildman–Crippen LogP) is 3.86. The number of rotatable bonds is 7. The second kappa shape index (κ2) is 8.67. The van der Waals surface area contributed by atoms with Gasteiger partial charge in [-0.3, -0.25) is 4.79 Å². The Morgan fingerprint density at radius 1 is 1.04 bits per heavy atom. The normalized spacial score (nSPS) is 12.8. The van der Waals surface area contributed by atoms with Crippen LogP contribution in [0.3, 0.4) is 0 Å². The van der Waals surface area contributed by atoms with Crippen LogP contribution in [0.2, 0.25) is 0 Å². The lowest BCUT2D eigenvalue weighted by Crippen LogP contribution is -2.32. The molecule has 1 amide bonds. The van der Waals surface area contributed by atoms with Crippen molar-refractivity contribution in [2.24, 2.45) is 0 Å². The number of nitrogens with zero attached hydrogens (tertiary/aromatic N) is 2. The molecule has 0 heterocycles. The number of sulfonamides is 1. The lowest BCUT2D eigenvalue weighted by atomic mass is 10.0. The third-order valence-electron chi connectivity index (χ3n) is 4.97. The van der Waals surface area contributed by atoms with Crippen LogP contribution < -0.4 is 0 Å². The van der Waals surface area contributed by atoms with E-state index in [4.69, 9.17) is 0 Å². The van der Waals surface area contributed by atoms with Crippen LogP contribution in [0.4, 0.5) is 0 Å². The van der Waals surface area contributed by atoms with Crippen LogP contribution in [0.1, 0.15) is 48.3 Å². The Balaban J connectivity index is 2.39. The molecule has 0 saturated heterocycles. The van der Waals surface area contributed by atoms with E-state index in [0.29, 0.717) is 18.7 Å². The first-order chi connectivity index (χ1) is 12.7. The fourth-order valence-corrected chi connectivity index (χ4v) is 4.51. The zero-order chi connectivity index (χ0) is 20.2. The molecule has 0 radical (unpaired) electrons. The van der Waals surface area contributed by atoms with Gasteiger partial charge in [-0.05, 0) is 37.1 Å². The van der Waals surface area contributed by atoms with Gasteiger partial charge in [0.2, 0.25) is 10.0 Å². The second-order valence-corrected chi connectivity index (χ2v) is 8.51. The molecule has 5 nitrogen and oxygen atoms in total. The molecule has 146 valence electrons. The molecular weight excluding hydrogens is 360 g/mol. The summed E-state index contributed by atoms with van der Waals surface area (Å²) in [6.07, 6.45) is 0. The van der Waals surface area contributed by atoms with E-state index in [9.17, 15) is 13.2 Å². The molecular formula is C21H28N2O3S. The smallest absolute Gasteiger partial charge is 0.254 e. The minimum Gasteiger partial charge on any atom is -0.335 e. The Bertz CT molecular complexity index is 891. The van der Waals surface area contributed by atoms with Crippen molar-refractivity contribution in [3.8, 4) is 0 Å². The van der Waals surface area contributed by atoms with E-state index in [1.165, 1.54) is 10.4 Å². The molecule has 0 N–H and O–H groups in total. The zero-order valence-corrected chi connectivity index (χ0v) is 17.5. The summed E-state index contributed by atoms with van der Waals surface area (Å²) in [5.41, 5.74) is 2.19. The minimum absolute atomic E-state index is 0.124. The maximum atomic E-state index is 13.1. The first kappa shape index (κ1) is 21.1. The molecule has 0 aromatic heterocycles. The molecule has 0 spiro atoms. The van der Waals surface area contributed by atoms with Crippen molar-refractivity contribution in [3.63, 3.8) is 0 Å². The minimum atomic E-state index is -3.61. The van der Waals surface area contributed by atoms with E-state index in [1.807, 2.05) is 44.2 Å². The third-order valence-corrected chi connectivity index (χ3v) is 7.01. The molecule has 0 aliphatic rings. The molecule has 0 fully saturated rings. The number of aryl methyl sites for hydroxylation is 1. The maximum Gasteiger partial charge on any atom is 0.254 e. The molecule has 2 aromatic carbocycles. The number of hydrogen-bond donors (Lipinski definition) is 0. The number of benzene rings is 2. The van der Waals surface area contributed by atoms with Crippen LogP contribution in [0.25, 0.3) is 0 Å². The monoisotopic (exact) mass is 388 g/mol. The molecule has 0 bridgehead atoms. The molecule has 1 atom stereocenters. The Morgan fingerprint density at radius 2 is 1.63 bits per heavy atom. The lowest BCUT2D eigenvalue weighted by molar-refractivity contribution is 0.0741. The molecule has 27 heavy (non-hydrogen) atoms. The van der Waals surface area contributed by atoms with Crippen molar-refractivity contribution in [2.45, 2.75) is 38.6 Å². The van der Waals surface area contributed by atoms with Crippen LogP contribution in [0.5, 0.6) is 0 Å². The topological polar surface area (TPSA) is 57.7 Å². The van der Waals surface area contributed by atoms with Crippen LogP contribution in [0, 0.1) is 6.92 Å². The van der Waals surface area contributed by atoms with Crippen LogP contribution in [-0.4, -0.2) is 43.7 Å². The first-order valence-electron chi connectivity index (χ1n) is 9.16. The average Bonchev–Trinajstić information content (AvgIpc) is 2.67. The van der Waals surface area contributed by atoms with Crippen LogP contribution in [-0.2, 0) is 10.0 Å². The third kappa shape index (κ3) is 4.39. The summed E-state index contributed by atoms with van der Waals surface area (Å²) in [5.74, 6) is -0.194. The van der Waals surface area contributed by atoms with Gasteiger partial charge in [0.15, 0.2) is 0 Å². The van der Waals surface area contributed by atoms with E-state index in [-0.39, 0.29) is 16.8 Å². The fraction of sp³-hybridized carbons (Fsp3) is 0.381. The van der Waals surface area contributed by atoms with Gasteiger partial charge in [-0.15, -0.1) is 0 Å². The van der Waals surface area contributed by atoms with Gasteiger partial charge in [-0.1, -0.05) is 50.2 Å². The van der Waals surface area contributed by atoms with Gasteiger partial charge in [-0.25, -0.2) is 8.42 Å². The summed E-state index contributed by atoms with van der Waals surface area (Å²) < 4.78 is 27.0. The fourth-order valence-electron chi connectivity index (χ4n) is 3.03. The van der Waals surface area contributed by atoms with E-state index >= 15 is 0 Å². The predicted molar refractivity (Wildman–Crippen MR) is 108 cm³/mol. The Labute approximate surface area is 162 Å². The highest BCUT2D eigenvalue weighted by Crippen LogP contribution is 2.24. The summed E-state index contributed by atoms with van der Waals surface area (Å²) in [4.78, 5) is 14.9. The summed E-state index contributed by atoms with van der Waals surface area (Å²) in [7, 11) is -1.87. The largest absolute Gasteiger partial charge is 0.335 e. The first-order valence-corrected chi connectivity index (χ1v) is 10.6. The average molecular weight is 389 g/mol. The van der Waals surface area contributed by atoms with Gasteiger partial charge in [0.1, 0.15) is 0 Å². The molecule has 0 saturated carbocycles. The van der Waals surface area contributed by atoms with E-state index in [2.05, 4.69) is 0 Å². The SMILES string of the molecule is CCN(CC)S(=O)(=O)c1ccc(C)c(C(=O)N(C)C(C)c2ccccc2)c1. The van der Waals surface area contributed by atoms with Gasteiger partial charge in [0, 0.05) is 25.7 Å². The second-order valence-electron chi connectivity index (χ2n) is 6.57. The highest BCUT2D eigenvalue weighted by molar-refractivity contribution is 7.89. The summed E-state index contributed by atoms with van der Waals surface area (Å²) in [5, 5.41) is 0. The summed E-state index contributed by atoms with van der Waals surface area (Å²) in [6.45, 7) is 8.16. The van der Waals surface area contributed by atoms with Gasteiger partial charge in [-0.2, -0.15) is 4.31 Å². The van der Waals surface area contributed by atoms with Gasteiger partial charge in [0.05, 0.1) is 10.9 Å². The van der Waals surface area contributed by atoms with Crippen molar-refractivity contribution in [1.82, 2.24) is 9.21 Å². The molecule has 2 aromatic rings. The number of carbonyl (C=O) groups excluding carboxylic acids is 1. The number of carbonyl (C=O) groups is 1. The van der Waals surface area contributed by atoms with Gasteiger partial charge in [0.25, 0.3) is 5.91 Å². The van der Waals surface area contributed by atoms with Gasteiger partial charge < -0.3 is 4.90 Å². The molecule has 0 aliphatic heterocycles. The van der Waals surface area contributed by atoms with Crippen molar-refractivity contribution in [1.29, 1.82) is 0 Å². The van der Waals surface area contributed by atoms with E-state index in [1.54, 1.807) is 37.9 Å². The molecule has 6 heteroatoms. The Morgan fingerprint density at radius 3 is 2.19 bits per heavy atom. The Kier molecular flexibility index (Phi) is 6.78. The molecule has 0 aliphatic carbocycles. The molecule has 2 rings (SSSR count). The lowest BCUT2D eigenvalue weighted by Gasteiger charge is -2.26. The van der Waals surface area contributed by atoms with Crippen molar-refractivity contribution < 1.29 is 13.2 Å². The van der Waals surface area contributed by atoms with E-state index < -0.39 is 10.0 Å². The van der Waals surface area contributed by atoms with Crippen LogP contribution in [0.15, 0.2) is 53.4 Å². The number of hydrogen-bond acceptors (Lipinski definition) is 3. The number of amides is 1. The van der Waals surface area contributed by atoms with Gasteiger partial charge >= 0.3 is 0 Å². The van der Waals surface area contributed by atoms with E-state index in [0.717, 1.165) is 11.1 Å². The highest BCUT2D eigenvalue weighted by atomic mass is 32.2. The maximum absolute atomic E-state index is 13.1. The van der Waals surface area contributed by atoms with Crippen molar-refractivity contribution in [2.75, 3.05) is 20.1 Å². The van der Waals surface area contributed by atoms with Crippen molar-refractivity contribution >= 4 is 15.9 Å². The van der Waals surface area contributed by atoms with Crippen molar-refractivity contribution in [3.05, 3.63) is 65.2 Å².